The molecular formula is C18H12ClN7O3. The minimum Gasteiger partial charge on any atom is -0.277 e. The number of carbonyl (C=O) groups excluding carboxylic acids is 1. The SMILES string of the molecule is O=C(NNc1ncnc(-n2cnc3ccccc32)c1[N+](=O)[O-])c1cccc(Cl)c1. The average Bonchev–Trinajstić information content (AvgIpc) is 3.15. The molecule has 144 valence electrons. The molecule has 4 aromatic rings. The molecule has 2 aromatic heterocycles. The zero-order valence-electron chi connectivity index (χ0n) is 14.6. The van der Waals surface area contributed by atoms with Crippen LogP contribution in [-0.4, -0.2) is 30.3 Å². The summed E-state index contributed by atoms with van der Waals surface area (Å²) < 4.78 is 1.49. The van der Waals surface area contributed by atoms with Crippen molar-refractivity contribution in [2.24, 2.45) is 0 Å². The van der Waals surface area contributed by atoms with Crippen LogP contribution in [0.5, 0.6) is 0 Å². The number of nitro groups is 1. The van der Waals surface area contributed by atoms with Crippen molar-refractivity contribution in [3.63, 3.8) is 0 Å². The van der Waals surface area contributed by atoms with Crippen LogP contribution in [0.3, 0.4) is 0 Å². The highest BCUT2D eigenvalue weighted by molar-refractivity contribution is 6.30. The highest BCUT2D eigenvalue weighted by Gasteiger charge is 2.25. The number of amides is 1. The molecule has 0 unspecified atom stereocenters. The van der Waals surface area contributed by atoms with Crippen molar-refractivity contribution >= 4 is 40.0 Å². The van der Waals surface area contributed by atoms with Crippen LogP contribution < -0.4 is 10.9 Å². The van der Waals surface area contributed by atoms with E-state index in [1.54, 1.807) is 36.4 Å². The van der Waals surface area contributed by atoms with E-state index in [9.17, 15) is 14.9 Å². The smallest absolute Gasteiger partial charge is 0.277 e. The molecule has 0 radical (unpaired) electrons. The second-order valence-corrected chi connectivity index (χ2v) is 6.28. The van der Waals surface area contributed by atoms with Gasteiger partial charge in [-0.25, -0.2) is 15.0 Å². The van der Waals surface area contributed by atoms with Gasteiger partial charge in [-0.15, -0.1) is 0 Å². The van der Waals surface area contributed by atoms with Gasteiger partial charge in [-0.1, -0.05) is 29.8 Å². The van der Waals surface area contributed by atoms with E-state index in [0.29, 0.717) is 16.1 Å². The Hall–Kier alpha value is -4.05. The molecule has 0 atom stereocenters. The monoisotopic (exact) mass is 409 g/mol. The number of fused-ring (bicyclic) bond motifs is 1. The van der Waals surface area contributed by atoms with E-state index in [1.165, 1.54) is 17.0 Å². The van der Waals surface area contributed by atoms with E-state index in [4.69, 9.17) is 11.6 Å². The standard InChI is InChI=1S/C18H12ClN7O3/c19-12-5-3-4-11(8-12)18(27)24-23-16-15(26(28)29)17(21-9-20-16)25-10-22-13-6-1-2-7-14(13)25/h1-10H,(H,24,27)(H,20,21,23). The minimum absolute atomic E-state index is 0.0122. The Balaban J connectivity index is 1.69. The van der Waals surface area contributed by atoms with Crippen molar-refractivity contribution in [2.75, 3.05) is 5.43 Å². The van der Waals surface area contributed by atoms with Crippen molar-refractivity contribution in [2.45, 2.75) is 0 Å². The molecule has 0 saturated heterocycles. The van der Waals surface area contributed by atoms with Gasteiger partial charge in [0.2, 0.25) is 11.6 Å². The summed E-state index contributed by atoms with van der Waals surface area (Å²) in [5, 5.41) is 12.1. The Bertz CT molecular complexity index is 1240. The summed E-state index contributed by atoms with van der Waals surface area (Å²) >= 11 is 5.88. The van der Waals surface area contributed by atoms with Gasteiger partial charge >= 0.3 is 5.69 Å². The number of nitrogens with one attached hydrogen (secondary N) is 2. The summed E-state index contributed by atoms with van der Waals surface area (Å²) in [6.07, 6.45) is 2.60. The van der Waals surface area contributed by atoms with Gasteiger partial charge < -0.3 is 0 Å². The fraction of sp³-hybridized carbons (Fsp3) is 0. The van der Waals surface area contributed by atoms with E-state index in [-0.39, 0.29) is 17.2 Å². The van der Waals surface area contributed by atoms with Crippen LogP contribution in [-0.2, 0) is 0 Å². The molecule has 0 aliphatic rings. The number of halogens is 1. The number of hydrogen-bond donors (Lipinski definition) is 2. The number of imidazole rings is 1. The predicted molar refractivity (Wildman–Crippen MR) is 106 cm³/mol. The molecule has 2 N–H and O–H groups in total. The highest BCUT2D eigenvalue weighted by Crippen LogP contribution is 2.29. The quantitative estimate of drug-likeness (QED) is 0.382. The second kappa shape index (κ2) is 7.52. The molecule has 0 saturated carbocycles. The van der Waals surface area contributed by atoms with Gasteiger partial charge in [0.1, 0.15) is 12.7 Å². The summed E-state index contributed by atoms with van der Waals surface area (Å²) in [5.41, 5.74) is 6.04. The highest BCUT2D eigenvalue weighted by atomic mass is 35.5. The van der Waals surface area contributed by atoms with Crippen LogP contribution in [0.4, 0.5) is 11.5 Å². The van der Waals surface area contributed by atoms with E-state index in [1.807, 2.05) is 6.07 Å². The molecule has 0 bridgehead atoms. The van der Waals surface area contributed by atoms with Gasteiger partial charge in [0.25, 0.3) is 5.91 Å². The van der Waals surface area contributed by atoms with Crippen molar-refractivity contribution in [1.29, 1.82) is 0 Å². The molecule has 0 spiro atoms. The zero-order valence-corrected chi connectivity index (χ0v) is 15.4. The number of hydrazine groups is 1. The summed E-state index contributed by atoms with van der Waals surface area (Å²) in [6, 6.07) is 13.4. The van der Waals surface area contributed by atoms with Crippen LogP contribution >= 0.6 is 11.6 Å². The largest absolute Gasteiger partial charge is 0.355 e. The molecule has 0 aliphatic carbocycles. The fourth-order valence-corrected chi connectivity index (χ4v) is 2.94. The normalized spacial score (nSPS) is 10.7. The molecular weight excluding hydrogens is 398 g/mol. The Kier molecular flexibility index (Phi) is 4.75. The molecule has 4 rings (SSSR count). The van der Waals surface area contributed by atoms with Gasteiger partial charge in [0, 0.05) is 10.6 Å². The molecule has 1 amide bonds. The Morgan fingerprint density at radius 2 is 1.93 bits per heavy atom. The number of para-hydroxylation sites is 2. The van der Waals surface area contributed by atoms with Crippen LogP contribution in [0, 0.1) is 10.1 Å². The van der Waals surface area contributed by atoms with Gasteiger partial charge in [0.05, 0.1) is 16.0 Å². The zero-order chi connectivity index (χ0) is 20.4. The first-order chi connectivity index (χ1) is 14.0. The number of aromatic nitrogens is 4. The Labute approximate surface area is 168 Å². The molecule has 29 heavy (non-hydrogen) atoms. The number of benzene rings is 2. The lowest BCUT2D eigenvalue weighted by Crippen LogP contribution is -2.30. The topological polar surface area (TPSA) is 128 Å². The predicted octanol–water partition coefficient (Wildman–Crippen LogP) is 3.13. The molecule has 2 aromatic carbocycles. The lowest BCUT2D eigenvalue weighted by atomic mass is 10.2. The third-order valence-electron chi connectivity index (χ3n) is 4.05. The minimum atomic E-state index is -0.627. The lowest BCUT2D eigenvalue weighted by molar-refractivity contribution is -0.384. The third-order valence-corrected chi connectivity index (χ3v) is 4.28. The number of nitrogens with zero attached hydrogens (tertiary/aromatic N) is 5. The first-order valence-corrected chi connectivity index (χ1v) is 8.66. The van der Waals surface area contributed by atoms with Crippen molar-refractivity contribution in [1.82, 2.24) is 24.9 Å². The Morgan fingerprint density at radius 3 is 2.72 bits per heavy atom. The van der Waals surface area contributed by atoms with Crippen molar-refractivity contribution in [3.05, 3.63) is 81.9 Å². The number of anilines is 1. The van der Waals surface area contributed by atoms with Gasteiger partial charge in [-0.2, -0.15) is 0 Å². The van der Waals surface area contributed by atoms with E-state index in [2.05, 4.69) is 25.8 Å². The number of hydrogen-bond acceptors (Lipinski definition) is 7. The van der Waals surface area contributed by atoms with Crippen LogP contribution in [0.25, 0.3) is 16.9 Å². The molecule has 0 aliphatic heterocycles. The summed E-state index contributed by atoms with van der Waals surface area (Å²) in [5.74, 6) is -0.693. The summed E-state index contributed by atoms with van der Waals surface area (Å²) in [6.45, 7) is 0. The maximum absolute atomic E-state index is 12.3. The summed E-state index contributed by atoms with van der Waals surface area (Å²) in [4.78, 5) is 35.6. The van der Waals surface area contributed by atoms with Crippen LogP contribution in [0.15, 0.2) is 61.2 Å². The van der Waals surface area contributed by atoms with E-state index < -0.39 is 16.5 Å². The van der Waals surface area contributed by atoms with E-state index >= 15 is 0 Å². The maximum atomic E-state index is 12.3. The maximum Gasteiger partial charge on any atom is 0.355 e. The summed E-state index contributed by atoms with van der Waals surface area (Å²) in [7, 11) is 0. The number of rotatable bonds is 5. The third kappa shape index (κ3) is 3.56. The molecule has 2 heterocycles. The fourth-order valence-electron chi connectivity index (χ4n) is 2.75. The van der Waals surface area contributed by atoms with Gasteiger partial charge in [-0.05, 0) is 30.3 Å². The second-order valence-electron chi connectivity index (χ2n) is 5.84. The van der Waals surface area contributed by atoms with Crippen molar-refractivity contribution < 1.29 is 9.72 Å². The molecule has 10 nitrogen and oxygen atoms in total. The van der Waals surface area contributed by atoms with Gasteiger partial charge in [-0.3, -0.25) is 30.3 Å². The lowest BCUT2D eigenvalue weighted by Gasteiger charge is -2.10. The van der Waals surface area contributed by atoms with Crippen LogP contribution in [0.2, 0.25) is 5.02 Å². The first-order valence-electron chi connectivity index (χ1n) is 8.28. The van der Waals surface area contributed by atoms with Gasteiger partial charge in [0.15, 0.2) is 0 Å². The molecule has 0 fully saturated rings. The van der Waals surface area contributed by atoms with E-state index in [0.717, 1.165) is 6.33 Å². The Morgan fingerprint density at radius 1 is 1.10 bits per heavy atom. The van der Waals surface area contributed by atoms with Crippen molar-refractivity contribution in [3.8, 4) is 5.82 Å². The first kappa shape index (κ1) is 18.3. The average molecular weight is 410 g/mol. The number of carbonyl (C=O) groups is 1. The van der Waals surface area contributed by atoms with Crippen LogP contribution in [0.1, 0.15) is 10.4 Å². The molecule has 11 heteroatoms.